The Morgan fingerprint density at radius 3 is 2.20 bits per heavy atom. The summed E-state index contributed by atoms with van der Waals surface area (Å²) in [6, 6.07) is 25.7. The van der Waals surface area contributed by atoms with Crippen molar-refractivity contribution >= 4 is 29.3 Å². The summed E-state index contributed by atoms with van der Waals surface area (Å²) in [6.07, 6.45) is 23.7. The molecular formula is C69H99N11O4. The third kappa shape index (κ3) is 21.3. The minimum absolute atomic E-state index is 0.0237. The van der Waals surface area contributed by atoms with Crippen LogP contribution in [0.4, 0.5) is 5.69 Å². The second-order valence-corrected chi connectivity index (χ2v) is 22.9. The standard InChI is InChI=1S/C26H37N3O.C22H35NO2.C19H21N7O.C2H6/c1-9-27-20(4)18(2)23-14-12-22(13-15-23)17-28-21(5)24-11-10-16-29(24)25(30)19(3)26(6,7)8;1-19(23)12-9-7-5-3-2-4-6-8-10-16-24-21-14-15-22-20(18-21)13-11-17-25-22;20-16(27)14-2-1-3-15(12-14)24-19(6-10-22-11-7-19)18-23-17(25-26-18)13-4-8-21-9-5-13;1-2/h9,12-15,24,28H,3,5,10-11,16-17H2,1-2,4,6-8H3;14-15,18H,1-13,16-17,23H2;1-5,8-9,12,22,24H,6-7,10-11H2,(H2,20,27)(H,23,25,26);1-2H3/b20-18+,27-9?;;;. The number of rotatable bonds is 25. The zero-order valence-corrected chi connectivity index (χ0v) is 52.0. The number of hydrogen-bond donors (Lipinski definition) is 6. The average Bonchev–Trinajstić information content (AvgIpc) is 4.32. The molecule has 454 valence electrons. The molecule has 0 bridgehead atoms. The van der Waals surface area contributed by atoms with Gasteiger partial charge >= 0.3 is 0 Å². The second-order valence-electron chi connectivity index (χ2n) is 22.9. The highest BCUT2D eigenvalue weighted by Gasteiger charge is 2.38. The number of allylic oxidation sites excluding steroid dienone is 3. The zero-order chi connectivity index (χ0) is 60.9. The van der Waals surface area contributed by atoms with Crippen molar-refractivity contribution in [3.8, 4) is 22.9 Å². The Morgan fingerprint density at radius 1 is 0.869 bits per heavy atom. The number of aliphatic imine (C=N–C) groups is 1. The normalized spacial score (nSPS) is 15.5. The lowest BCUT2D eigenvalue weighted by Gasteiger charge is -2.37. The number of ether oxygens (including phenoxy) is 2. The number of carbonyl (C=O) groups excluding carboxylic acids is 2. The van der Waals surface area contributed by atoms with E-state index in [0.29, 0.717) is 23.5 Å². The predicted octanol–water partition coefficient (Wildman–Crippen LogP) is 14.2. The summed E-state index contributed by atoms with van der Waals surface area (Å²) in [6.45, 7) is 33.0. The number of nitrogens with two attached hydrogens (primary N) is 2. The number of likely N-dealkylation sites (tertiary alicyclic amines) is 1. The number of nitrogens with one attached hydrogen (secondary N) is 4. The van der Waals surface area contributed by atoms with Crippen LogP contribution in [0.15, 0.2) is 139 Å². The number of anilines is 1. The molecule has 84 heavy (non-hydrogen) atoms. The molecule has 3 aliphatic heterocycles. The van der Waals surface area contributed by atoms with Gasteiger partial charge in [-0.25, -0.2) is 4.98 Å². The van der Waals surface area contributed by atoms with Crippen LogP contribution in [0.5, 0.6) is 11.5 Å². The van der Waals surface area contributed by atoms with Gasteiger partial charge in [0.1, 0.15) is 11.5 Å². The third-order valence-corrected chi connectivity index (χ3v) is 15.5. The molecule has 0 aliphatic carbocycles. The molecule has 3 aliphatic rings. The van der Waals surface area contributed by atoms with Crippen molar-refractivity contribution in [1.82, 2.24) is 35.7 Å². The van der Waals surface area contributed by atoms with Gasteiger partial charge in [0.05, 0.1) is 24.8 Å². The monoisotopic (exact) mass is 1150 g/mol. The number of carbonyl (C=O) groups is 2. The molecule has 0 radical (unpaired) electrons. The molecule has 0 spiro atoms. The van der Waals surface area contributed by atoms with Crippen molar-refractivity contribution < 1.29 is 19.1 Å². The first kappa shape index (κ1) is 67.3. The summed E-state index contributed by atoms with van der Waals surface area (Å²) in [5, 5.41) is 17.9. The number of unbranched alkanes of at least 4 members (excludes halogenated alkanes) is 8. The molecule has 8 rings (SSSR count). The number of aromatic amines is 1. The van der Waals surface area contributed by atoms with Crippen LogP contribution in [-0.2, 0) is 23.3 Å². The van der Waals surface area contributed by atoms with E-state index in [1.54, 1.807) is 24.5 Å². The molecule has 1 unspecified atom stereocenters. The third-order valence-electron chi connectivity index (χ3n) is 15.5. The van der Waals surface area contributed by atoms with Crippen LogP contribution in [0.2, 0.25) is 0 Å². The van der Waals surface area contributed by atoms with Crippen LogP contribution >= 0.6 is 0 Å². The number of aryl methyl sites for hydroxylation is 1. The van der Waals surface area contributed by atoms with Crippen molar-refractivity contribution in [2.24, 2.45) is 21.9 Å². The van der Waals surface area contributed by atoms with Gasteiger partial charge in [-0.1, -0.05) is 130 Å². The van der Waals surface area contributed by atoms with E-state index in [2.05, 4.69) is 93.1 Å². The lowest BCUT2D eigenvalue weighted by Crippen LogP contribution is -2.46. The van der Waals surface area contributed by atoms with Crippen LogP contribution in [0.25, 0.3) is 17.0 Å². The molecule has 3 aromatic carbocycles. The van der Waals surface area contributed by atoms with Gasteiger partial charge in [0.25, 0.3) is 0 Å². The highest BCUT2D eigenvalue weighted by atomic mass is 16.5. The van der Waals surface area contributed by atoms with Crippen LogP contribution in [0.1, 0.15) is 185 Å². The first-order valence-electron chi connectivity index (χ1n) is 30.7. The Kier molecular flexibility index (Phi) is 28.0. The summed E-state index contributed by atoms with van der Waals surface area (Å²) < 4.78 is 11.5. The fourth-order valence-corrected chi connectivity index (χ4v) is 10.3. The van der Waals surface area contributed by atoms with E-state index < -0.39 is 11.4 Å². The minimum atomic E-state index is -0.447. The Balaban J connectivity index is 0.000000228. The van der Waals surface area contributed by atoms with Gasteiger partial charge in [-0.15, -0.1) is 0 Å². The summed E-state index contributed by atoms with van der Waals surface area (Å²) in [5.41, 5.74) is 20.8. The van der Waals surface area contributed by atoms with E-state index in [9.17, 15) is 9.59 Å². The fourth-order valence-electron chi connectivity index (χ4n) is 10.3. The van der Waals surface area contributed by atoms with Crippen molar-refractivity contribution in [3.05, 3.63) is 162 Å². The van der Waals surface area contributed by atoms with Crippen LogP contribution in [0, 0.1) is 5.41 Å². The van der Waals surface area contributed by atoms with E-state index >= 15 is 0 Å². The maximum Gasteiger partial charge on any atom is 0.250 e. The van der Waals surface area contributed by atoms with Gasteiger partial charge in [-0.3, -0.25) is 24.7 Å². The van der Waals surface area contributed by atoms with E-state index in [4.69, 9.17) is 25.9 Å². The first-order chi connectivity index (χ1) is 40.5. The van der Waals surface area contributed by atoms with Gasteiger partial charge < -0.3 is 41.8 Å². The number of H-pyrrole nitrogens is 1. The molecule has 8 N–H and O–H groups in total. The number of pyridine rings is 1. The number of nitrogens with zero attached hydrogens (tertiary/aromatic N) is 5. The van der Waals surface area contributed by atoms with E-state index in [-0.39, 0.29) is 17.4 Å². The Labute approximate surface area is 502 Å². The number of benzene rings is 3. The molecule has 2 aromatic heterocycles. The molecule has 2 fully saturated rings. The summed E-state index contributed by atoms with van der Waals surface area (Å²) in [4.78, 5) is 39.5. The van der Waals surface area contributed by atoms with E-state index in [1.165, 1.54) is 73.6 Å². The SMILES string of the molecule is C=C(N)CCCCCCCCCCCOc1ccc2c(c1)CCCO2.C=C(NCc1ccc(/C(C)=C(\C)N=CC)cc1)C1CCCN1C(=O)C(=C)C(C)(C)C.CC.NC(=O)c1cccc(NC2(c3nc(-c4ccncc4)n[nH]3)CCNCC2)c1. The smallest absolute Gasteiger partial charge is 0.250 e. The number of primary amides is 1. The molecule has 15 heteroatoms. The minimum Gasteiger partial charge on any atom is -0.494 e. The Bertz CT molecular complexity index is 2920. The number of piperidine rings is 1. The van der Waals surface area contributed by atoms with E-state index in [1.807, 2.05) is 96.0 Å². The largest absolute Gasteiger partial charge is 0.494 e. The van der Waals surface area contributed by atoms with Crippen molar-refractivity contribution in [2.75, 3.05) is 38.2 Å². The van der Waals surface area contributed by atoms with Gasteiger partial charge in [0.2, 0.25) is 11.8 Å². The quantitative estimate of drug-likeness (QED) is 0.0184. The summed E-state index contributed by atoms with van der Waals surface area (Å²) in [7, 11) is 0. The number of hydrogen-bond acceptors (Lipinski definition) is 12. The first-order valence-corrected chi connectivity index (χ1v) is 30.7. The maximum absolute atomic E-state index is 12.9. The predicted molar refractivity (Wildman–Crippen MR) is 347 cm³/mol. The lowest BCUT2D eigenvalue weighted by atomic mass is 9.86. The summed E-state index contributed by atoms with van der Waals surface area (Å²) >= 11 is 0. The fraction of sp³-hybridized carbons (Fsp3) is 0.478. The zero-order valence-electron chi connectivity index (χ0n) is 52.0. The van der Waals surface area contributed by atoms with Gasteiger partial charge in [0.15, 0.2) is 11.6 Å². The highest BCUT2D eigenvalue weighted by molar-refractivity contribution is 5.95. The summed E-state index contributed by atoms with van der Waals surface area (Å²) in [5.74, 6) is 3.04. The van der Waals surface area contributed by atoms with Crippen LogP contribution in [0.3, 0.4) is 0 Å². The van der Waals surface area contributed by atoms with Crippen LogP contribution < -0.4 is 36.9 Å². The van der Waals surface area contributed by atoms with Gasteiger partial charge in [-0.2, -0.15) is 5.10 Å². The molecule has 5 aromatic rings. The number of fused-ring (bicyclic) bond motifs is 1. The molecular weight excluding hydrogens is 1050 g/mol. The van der Waals surface area contributed by atoms with Gasteiger partial charge in [-0.05, 0) is 168 Å². The number of aromatic nitrogens is 4. The Morgan fingerprint density at radius 2 is 1.55 bits per heavy atom. The molecule has 2 amide bonds. The van der Waals surface area contributed by atoms with Crippen LogP contribution in [-0.4, -0.2) is 82.0 Å². The molecule has 15 nitrogen and oxygen atoms in total. The van der Waals surface area contributed by atoms with Crippen molar-refractivity contribution in [2.45, 2.75) is 176 Å². The van der Waals surface area contributed by atoms with Crippen molar-refractivity contribution in [1.29, 1.82) is 0 Å². The van der Waals surface area contributed by atoms with Gasteiger partial charge in [0, 0.05) is 71.2 Å². The second kappa shape index (κ2) is 34.9. The molecule has 2 saturated heterocycles. The lowest BCUT2D eigenvalue weighted by molar-refractivity contribution is -0.128. The highest BCUT2D eigenvalue weighted by Crippen LogP contribution is 2.35. The van der Waals surface area contributed by atoms with E-state index in [0.717, 1.165) is 130 Å². The Hall–Kier alpha value is -7.52. The average molecular weight is 1150 g/mol. The topological polar surface area (TPSA) is 211 Å². The number of amides is 2. The maximum atomic E-state index is 12.9. The molecule has 0 saturated carbocycles. The molecule has 5 heterocycles. The van der Waals surface area contributed by atoms with Crippen molar-refractivity contribution in [3.63, 3.8) is 0 Å². The molecule has 1 atom stereocenters.